The van der Waals surface area contributed by atoms with Crippen LogP contribution in [0, 0.1) is 0 Å². The van der Waals surface area contributed by atoms with Gasteiger partial charge in [-0.25, -0.2) is 4.98 Å². The zero-order chi connectivity index (χ0) is 16.2. The summed E-state index contributed by atoms with van der Waals surface area (Å²) >= 11 is 5.89. The Morgan fingerprint density at radius 3 is 2.52 bits per heavy atom. The highest BCUT2D eigenvalue weighted by atomic mass is 35.5. The van der Waals surface area contributed by atoms with E-state index in [9.17, 15) is 4.79 Å². The molecule has 1 N–H and O–H groups in total. The lowest BCUT2D eigenvalue weighted by atomic mass is 10.1. The molecule has 0 aliphatic carbocycles. The Morgan fingerprint density at radius 2 is 1.83 bits per heavy atom. The first-order valence-corrected chi connectivity index (χ1v) is 7.67. The highest BCUT2D eigenvalue weighted by Gasteiger charge is 2.16. The predicted octanol–water partition coefficient (Wildman–Crippen LogP) is 4.02. The molecule has 0 bridgehead atoms. The number of nitrogens with one attached hydrogen (secondary N) is 1. The van der Waals surface area contributed by atoms with E-state index in [1.54, 1.807) is 17.1 Å². The Labute approximate surface area is 139 Å². The maximum atomic E-state index is 12.6. The van der Waals surface area contributed by atoms with E-state index in [1.165, 1.54) is 0 Å². The van der Waals surface area contributed by atoms with Gasteiger partial charge < -0.3 is 5.32 Å². The maximum Gasteiger partial charge on any atom is 0.270 e. The van der Waals surface area contributed by atoms with Gasteiger partial charge in [0.25, 0.3) is 5.91 Å². The van der Waals surface area contributed by atoms with Gasteiger partial charge in [-0.05, 0) is 36.8 Å². The molecular weight excluding hydrogens is 310 g/mol. The van der Waals surface area contributed by atoms with E-state index >= 15 is 0 Å². The molecule has 0 radical (unpaired) electrons. The minimum atomic E-state index is -0.172. The van der Waals surface area contributed by atoms with Crippen LogP contribution < -0.4 is 5.32 Å². The lowest BCUT2D eigenvalue weighted by Gasteiger charge is -2.15. The highest BCUT2D eigenvalue weighted by molar-refractivity contribution is 6.30. The Kier molecular flexibility index (Phi) is 4.44. The van der Waals surface area contributed by atoms with E-state index in [-0.39, 0.29) is 11.9 Å². The van der Waals surface area contributed by atoms with Crippen LogP contribution in [0.4, 0.5) is 0 Å². The van der Waals surface area contributed by atoms with Crippen molar-refractivity contribution < 1.29 is 4.79 Å². The van der Waals surface area contributed by atoms with Crippen molar-refractivity contribution in [2.45, 2.75) is 13.0 Å². The fraction of sp³-hybridized carbons (Fsp3) is 0.111. The fourth-order valence-electron chi connectivity index (χ4n) is 2.36. The van der Waals surface area contributed by atoms with Gasteiger partial charge in [0.05, 0.1) is 18.6 Å². The summed E-state index contributed by atoms with van der Waals surface area (Å²) in [5.41, 5.74) is 2.39. The first-order chi connectivity index (χ1) is 11.1. The topological polar surface area (TPSA) is 46.9 Å². The van der Waals surface area contributed by atoms with E-state index in [4.69, 9.17) is 11.6 Å². The molecule has 5 heteroatoms. The second-order valence-electron chi connectivity index (χ2n) is 5.23. The average molecular weight is 326 g/mol. The quantitative estimate of drug-likeness (QED) is 0.787. The molecule has 116 valence electrons. The van der Waals surface area contributed by atoms with Crippen molar-refractivity contribution in [2.75, 3.05) is 0 Å². The second-order valence-corrected chi connectivity index (χ2v) is 5.67. The van der Waals surface area contributed by atoms with Crippen LogP contribution in [0.15, 0.2) is 67.1 Å². The van der Waals surface area contributed by atoms with Crippen LogP contribution in [0.3, 0.4) is 0 Å². The molecule has 1 aromatic heterocycles. The third kappa shape index (κ3) is 3.43. The molecule has 1 atom stereocenters. The van der Waals surface area contributed by atoms with Crippen molar-refractivity contribution >= 4 is 17.5 Å². The van der Waals surface area contributed by atoms with E-state index in [2.05, 4.69) is 10.3 Å². The van der Waals surface area contributed by atoms with Gasteiger partial charge in [-0.15, -0.1) is 0 Å². The predicted molar refractivity (Wildman–Crippen MR) is 90.9 cm³/mol. The number of carbonyl (C=O) groups excluding carboxylic acids is 1. The van der Waals surface area contributed by atoms with Crippen molar-refractivity contribution in [3.63, 3.8) is 0 Å². The molecule has 0 saturated carbocycles. The monoisotopic (exact) mass is 325 g/mol. The molecule has 0 saturated heterocycles. The largest absolute Gasteiger partial charge is 0.344 e. The summed E-state index contributed by atoms with van der Waals surface area (Å²) in [5, 5.41) is 3.66. The van der Waals surface area contributed by atoms with Gasteiger partial charge in [0.15, 0.2) is 0 Å². The number of rotatable bonds is 4. The number of aromatic nitrogens is 2. The number of carbonyl (C=O) groups is 1. The number of para-hydroxylation sites is 1. The molecule has 0 aliphatic heterocycles. The van der Waals surface area contributed by atoms with Gasteiger partial charge in [0.2, 0.25) is 0 Å². The summed E-state index contributed by atoms with van der Waals surface area (Å²) in [6, 6.07) is 17.0. The molecule has 23 heavy (non-hydrogen) atoms. The number of amides is 1. The van der Waals surface area contributed by atoms with Crippen LogP contribution in [-0.2, 0) is 0 Å². The third-order valence-corrected chi connectivity index (χ3v) is 3.88. The fourth-order valence-corrected chi connectivity index (χ4v) is 2.49. The van der Waals surface area contributed by atoms with E-state index in [0.29, 0.717) is 10.7 Å². The van der Waals surface area contributed by atoms with Crippen LogP contribution in [0.2, 0.25) is 5.02 Å². The van der Waals surface area contributed by atoms with Crippen molar-refractivity contribution in [1.82, 2.24) is 14.9 Å². The molecule has 3 aromatic rings. The molecular formula is C18H16ClN3O. The summed E-state index contributed by atoms with van der Waals surface area (Å²) in [4.78, 5) is 16.6. The van der Waals surface area contributed by atoms with Gasteiger partial charge in [-0.3, -0.25) is 9.36 Å². The van der Waals surface area contributed by atoms with Gasteiger partial charge in [-0.2, -0.15) is 0 Å². The van der Waals surface area contributed by atoms with Crippen LogP contribution in [-0.4, -0.2) is 15.5 Å². The Hall–Kier alpha value is -2.59. The van der Waals surface area contributed by atoms with Crippen LogP contribution >= 0.6 is 11.6 Å². The summed E-state index contributed by atoms with van der Waals surface area (Å²) < 4.78 is 1.77. The zero-order valence-electron chi connectivity index (χ0n) is 12.6. The van der Waals surface area contributed by atoms with Gasteiger partial charge >= 0.3 is 0 Å². The lowest BCUT2D eigenvalue weighted by Crippen LogP contribution is -2.28. The van der Waals surface area contributed by atoms with E-state index < -0.39 is 0 Å². The second kappa shape index (κ2) is 6.67. The SMILES string of the molecule is C[C@H](NC(=O)c1cncn1-c1ccccc1)c1ccc(Cl)cc1. The molecule has 0 spiro atoms. The Balaban J connectivity index is 1.79. The number of benzene rings is 2. The number of hydrogen-bond acceptors (Lipinski definition) is 2. The van der Waals surface area contributed by atoms with Gasteiger partial charge in [0, 0.05) is 10.7 Å². The molecule has 2 aromatic carbocycles. The van der Waals surface area contributed by atoms with E-state index in [1.807, 2.05) is 61.5 Å². The number of imidazole rings is 1. The summed E-state index contributed by atoms with van der Waals surface area (Å²) in [7, 11) is 0. The lowest BCUT2D eigenvalue weighted by molar-refractivity contribution is 0.0933. The molecule has 0 aliphatic rings. The van der Waals surface area contributed by atoms with Crippen LogP contribution in [0.25, 0.3) is 5.69 Å². The Bertz CT molecular complexity index is 797. The molecule has 0 fully saturated rings. The number of hydrogen-bond donors (Lipinski definition) is 1. The van der Waals surface area contributed by atoms with Crippen LogP contribution in [0.1, 0.15) is 29.0 Å². The molecule has 4 nitrogen and oxygen atoms in total. The summed E-state index contributed by atoms with van der Waals surface area (Å²) in [6.07, 6.45) is 3.20. The molecule has 0 unspecified atom stereocenters. The van der Waals surface area contributed by atoms with Crippen molar-refractivity contribution in [3.8, 4) is 5.69 Å². The first-order valence-electron chi connectivity index (χ1n) is 7.29. The van der Waals surface area contributed by atoms with Crippen molar-refractivity contribution in [2.24, 2.45) is 0 Å². The molecule has 1 heterocycles. The number of halogens is 1. The van der Waals surface area contributed by atoms with Crippen molar-refractivity contribution in [3.05, 3.63) is 83.4 Å². The number of nitrogens with zero attached hydrogens (tertiary/aromatic N) is 2. The first kappa shape index (κ1) is 15.3. The van der Waals surface area contributed by atoms with Gasteiger partial charge in [-0.1, -0.05) is 41.9 Å². The molecule has 1 amide bonds. The molecule has 3 rings (SSSR count). The standard InChI is InChI=1S/C18H16ClN3O/c1-13(14-7-9-15(19)10-8-14)21-18(23)17-11-20-12-22(17)16-5-3-2-4-6-16/h2-13H,1H3,(H,21,23)/t13-/m0/s1. The third-order valence-electron chi connectivity index (χ3n) is 3.62. The normalized spacial score (nSPS) is 11.9. The average Bonchev–Trinajstić information content (AvgIpc) is 3.06. The zero-order valence-corrected chi connectivity index (χ0v) is 13.4. The Morgan fingerprint density at radius 1 is 1.13 bits per heavy atom. The van der Waals surface area contributed by atoms with Gasteiger partial charge in [0.1, 0.15) is 5.69 Å². The summed E-state index contributed by atoms with van der Waals surface area (Å²) in [6.45, 7) is 1.93. The minimum Gasteiger partial charge on any atom is -0.344 e. The minimum absolute atomic E-state index is 0.126. The van der Waals surface area contributed by atoms with Crippen molar-refractivity contribution in [1.29, 1.82) is 0 Å². The maximum absolute atomic E-state index is 12.6. The van der Waals surface area contributed by atoms with E-state index in [0.717, 1.165) is 11.3 Å². The summed E-state index contributed by atoms with van der Waals surface area (Å²) in [5.74, 6) is -0.172. The van der Waals surface area contributed by atoms with Crippen LogP contribution in [0.5, 0.6) is 0 Å². The smallest absolute Gasteiger partial charge is 0.270 e. The highest BCUT2D eigenvalue weighted by Crippen LogP contribution is 2.17.